The number of rotatable bonds is 4. The van der Waals surface area contributed by atoms with Crippen LogP contribution in [0.25, 0.3) is 0 Å². The van der Waals surface area contributed by atoms with E-state index < -0.39 is 62.4 Å². The molecule has 2 saturated heterocycles. The van der Waals surface area contributed by atoms with E-state index >= 15 is 0 Å². The molecule has 0 aromatic rings. The van der Waals surface area contributed by atoms with Crippen molar-refractivity contribution in [3.63, 3.8) is 0 Å². The number of ether oxygens (including phenoxy) is 3. The van der Waals surface area contributed by atoms with Crippen LogP contribution in [0.15, 0.2) is 0 Å². The lowest BCUT2D eigenvalue weighted by Crippen LogP contribution is -2.43. The molecule has 9 nitrogen and oxygen atoms in total. The third kappa shape index (κ3) is 2.75. The highest BCUT2D eigenvalue weighted by atomic mass is 16.7. The maximum absolute atomic E-state index is 9.67. The minimum atomic E-state index is -1.51. The Hall–Kier alpha value is -0.360. The quantitative estimate of drug-likeness (QED) is 0.302. The molecule has 2 rings (SSSR count). The molecule has 0 bridgehead atoms. The topological polar surface area (TPSA) is 149 Å². The molecule has 0 radical (unpaired) electrons. The van der Waals surface area contributed by atoms with E-state index in [1.54, 1.807) is 0 Å². The average molecular weight is 282 g/mol. The SMILES string of the molecule is OC[C@@H]1O[C@@H](O[C@H]2[C@@H](O)[C@H](O)O[C@H]2CO)[C@H](O)[C@@H]1O. The zero-order valence-electron chi connectivity index (χ0n) is 9.94. The second kappa shape index (κ2) is 5.95. The van der Waals surface area contributed by atoms with Crippen LogP contribution in [0.2, 0.25) is 0 Å². The first kappa shape index (κ1) is 15.0. The van der Waals surface area contributed by atoms with Crippen LogP contribution in [-0.4, -0.2) is 93.1 Å². The molecule has 2 heterocycles. The van der Waals surface area contributed by atoms with E-state index in [1.807, 2.05) is 0 Å². The number of aliphatic hydroxyl groups is 6. The summed E-state index contributed by atoms with van der Waals surface area (Å²) in [5.41, 5.74) is 0. The standard InChI is InChI=1S/C10H18O9/c11-1-3-5(13)6(14)10(18-3)19-8-4(2-12)17-9(16)7(8)15/h3-16H,1-2H2/t3-,4-,5+,6+,7+,8+,9+,10-/m0/s1. The number of hydrogen-bond acceptors (Lipinski definition) is 9. The molecule has 0 aliphatic carbocycles. The van der Waals surface area contributed by atoms with E-state index in [9.17, 15) is 20.4 Å². The second-order valence-electron chi connectivity index (χ2n) is 4.55. The molecule has 0 spiro atoms. The van der Waals surface area contributed by atoms with Crippen molar-refractivity contribution in [2.75, 3.05) is 13.2 Å². The van der Waals surface area contributed by atoms with E-state index in [4.69, 9.17) is 24.4 Å². The summed E-state index contributed by atoms with van der Waals surface area (Å²) in [7, 11) is 0. The number of aliphatic hydroxyl groups excluding tert-OH is 6. The van der Waals surface area contributed by atoms with Crippen molar-refractivity contribution < 1.29 is 44.8 Å². The summed E-state index contributed by atoms with van der Waals surface area (Å²) in [4.78, 5) is 0. The van der Waals surface area contributed by atoms with Gasteiger partial charge in [0.1, 0.15) is 36.6 Å². The van der Waals surface area contributed by atoms with Gasteiger partial charge in [-0.3, -0.25) is 0 Å². The van der Waals surface area contributed by atoms with E-state index in [2.05, 4.69) is 0 Å². The van der Waals surface area contributed by atoms with Gasteiger partial charge in [-0.25, -0.2) is 0 Å². The summed E-state index contributed by atoms with van der Waals surface area (Å²) in [6.45, 7) is -1.01. The fourth-order valence-electron chi connectivity index (χ4n) is 2.17. The minimum absolute atomic E-state index is 0.506. The molecule has 6 N–H and O–H groups in total. The van der Waals surface area contributed by atoms with Gasteiger partial charge < -0.3 is 44.8 Å². The number of hydrogen-bond donors (Lipinski definition) is 6. The van der Waals surface area contributed by atoms with Gasteiger partial charge in [0.15, 0.2) is 12.6 Å². The Labute approximate surface area is 108 Å². The van der Waals surface area contributed by atoms with Crippen molar-refractivity contribution in [2.24, 2.45) is 0 Å². The van der Waals surface area contributed by atoms with Gasteiger partial charge in [0.05, 0.1) is 13.2 Å². The zero-order chi connectivity index (χ0) is 14.2. The van der Waals surface area contributed by atoms with Gasteiger partial charge in [0.25, 0.3) is 0 Å². The van der Waals surface area contributed by atoms with Crippen molar-refractivity contribution in [3.05, 3.63) is 0 Å². The van der Waals surface area contributed by atoms with Crippen molar-refractivity contribution in [1.29, 1.82) is 0 Å². The molecule has 2 aliphatic heterocycles. The molecule has 2 fully saturated rings. The molecule has 19 heavy (non-hydrogen) atoms. The Bertz CT molecular complexity index is 301. The van der Waals surface area contributed by atoms with Crippen molar-refractivity contribution in [1.82, 2.24) is 0 Å². The van der Waals surface area contributed by atoms with Crippen LogP contribution in [0.4, 0.5) is 0 Å². The average Bonchev–Trinajstić information content (AvgIpc) is 2.83. The van der Waals surface area contributed by atoms with Gasteiger partial charge in [-0.05, 0) is 0 Å². The lowest BCUT2D eigenvalue weighted by molar-refractivity contribution is -0.215. The van der Waals surface area contributed by atoms with Gasteiger partial charge in [0.2, 0.25) is 0 Å². The Kier molecular flexibility index (Phi) is 4.71. The Morgan fingerprint density at radius 3 is 1.95 bits per heavy atom. The predicted molar refractivity (Wildman–Crippen MR) is 56.6 cm³/mol. The van der Waals surface area contributed by atoms with Crippen molar-refractivity contribution in [2.45, 2.75) is 49.2 Å². The first-order valence-corrected chi connectivity index (χ1v) is 5.90. The van der Waals surface area contributed by atoms with E-state index in [0.29, 0.717) is 0 Å². The third-order valence-corrected chi connectivity index (χ3v) is 3.28. The van der Waals surface area contributed by atoms with Gasteiger partial charge in [-0.1, -0.05) is 0 Å². The van der Waals surface area contributed by atoms with Gasteiger partial charge >= 0.3 is 0 Å². The van der Waals surface area contributed by atoms with Gasteiger partial charge in [-0.15, -0.1) is 0 Å². The second-order valence-corrected chi connectivity index (χ2v) is 4.55. The zero-order valence-corrected chi connectivity index (χ0v) is 9.94. The molecular formula is C10H18O9. The Morgan fingerprint density at radius 2 is 1.42 bits per heavy atom. The smallest absolute Gasteiger partial charge is 0.187 e. The Morgan fingerprint density at radius 1 is 0.789 bits per heavy atom. The molecule has 9 heteroatoms. The van der Waals surface area contributed by atoms with Crippen molar-refractivity contribution >= 4 is 0 Å². The molecule has 2 aliphatic rings. The monoisotopic (exact) mass is 282 g/mol. The summed E-state index contributed by atoms with van der Waals surface area (Å²) in [6.07, 6.45) is -10.1. The van der Waals surface area contributed by atoms with E-state index in [1.165, 1.54) is 0 Å². The van der Waals surface area contributed by atoms with Crippen LogP contribution in [0.1, 0.15) is 0 Å². The van der Waals surface area contributed by atoms with Crippen molar-refractivity contribution in [3.8, 4) is 0 Å². The maximum atomic E-state index is 9.67. The molecule has 0 aromatic carbocycles. The fourth-order valence-corrected chi connectivity index (χ4v) is 2.17. The van der Waals surface area contributed by atoms with Crippen LogP contribution in [0.5, 0.6) is 0 Å². The normalized spacial score (nSPS) is 50.8. The summed E-state index contributed by atoms with van der Waals surface area (Å²) >= 11 is 0. The highest BCUT2D eigenvalue weighted by Gasteiger charge is 2.49. The molecule has 0 amide bonds. The minimum Gasteiger partial charge on any atom is -0.394 e. The Balaban J connectivity index is 2.00. The van der Waals surface area contributed by atoms with Crippen LogP contribution >= 0.6 is 0 Å². The van der Waals surface area contributed by atoms with Crippen LogP contribution in [-0.2, 0) is 14.2 Å². The van der Waals surface area contributed by atoms with E-state index in [0.717, 1.165) is 0 Å². The molecular weight excluding hydrogens is 264 g/mol. The summed E-state index contributed by atoms with van der Waals surface area (Å²) in [5.74, 6) is 0. The highest BCUT2D eigenvalue weighted by Crippen LogP contribution is 2.28. The molecule has 8 atom stereocenters. The molecule has 0 saturated carbocycles. The first-order chi connectivity index (χ1) is 8.99. The highest BCUT2D eigenvalue weighted by molar-refractivity contribution is 4.91. The largest absolute Gasteiger partial charge is 0.394 e. The summed E-state index contributed by atoms with van der Waals surface area (Å²) in [6, 6.07) is 0. The molecule has 0 aromatic heterocycles. The lowest BCUT2D eigenvalue weighted by atomic mass is 10.1. The summed E-state index contributed by atoms with van der Waals surface area (Å²) < 4.78 is 15.1. The summed E-state index contributed by atoms with van der Waals surface area (Å²) in [5, 5.41) is 56.1. The lowest BCUT2D eigenvalue weighted by Gasteiger charge is -2.24. The first-order valence-electron chi connectivity index (χ1n) is 5.90. The van der Waals surface area contributed by atoms with Crippen LogP contribution in [0, 0.1) is 0 Å². The van der Waals surface area contributed by atoms with Crippen LogP contribution < -0.4 is 0 Å². The van der Waals surface area contributed by atoms with Crippen LogP contribution in [0.3, 0.4) is 0 Å². The fraction of sp³-hybridized carbons (Fsp3) is 1.00. The maximum Gasteiger partial charge on any atom is 0.187 e. The van der Waals surface area contributed by atoms with Gasteiger partial charge in [0, 0.05) is 0 Å². The molecule has 112 valence electrons. The van der Waals surface area contributed by atoms with Gasteiger partial charge in [-0.2, -0.15) is 0 Å². The molecule has 0 unspecified atom stereocenters. The van der Waals surface area contributed by atoms with E-state index in [-0.39, 0.29) is 0 Å². The predicted octanol–water partition coefficient (Wildman–Crippen LogP) is -4.12. The third-order valence-electron chi connectivity index (χ3n) is 3.28.